The first-order valence-electron chi connectivity index (χ1n) is 10.0. The summed E-state index contributed by atoms with van der Waals surface area (Å²) >= 11 is 0. The molecule has 2 amide bonds. The predicted octanol–water partition coefficient (Wildman–Crippen LogP) is -0.0444. The summed E-state index contributed by atoms with van der Waals surface area (Å²) in [5.74, 6) is -3.47. The van der Waals surface area contributed by atoms with Gasteiger partial charge in [-0.1, -0.05) is 6.92 Å². The standard InChI is InChI=1S/C21H27N3O7/c1-10-13(18(21(30)31)24-17(10)16(11(2)25)20(24)29)9-23(3)7-6-22-19(28)12-4-5-14(26)15(27)8-12/h4-5,8,10-11,16-17,25-27H,6-7,9H2,1-3H3,(H,22,28)(H,30,31)/t10?,11-,16-,17-/m1/s1. The summed E-state index contributed by atoms with van der Waals surface area (Å²) in [4.78, 5) is 39.5. The van der Waals surface area contributed by atoms with E-state index in [0.717, 1.165) is 0 Å². The summed E-state index contributed by atoms with van der Waals surface area (Å²) in [6.45, 7) is 4.37. The number of hydrogen-bond donors (Lipinski definition) is 5. The maximum Gasteiger partial charge on any atom is 0.352 e. The fourth-order valence-corrected chi connectivity index (χ4v) is 4.35. The molecular formula is C21H27N3O7. The first kappa shape index (κ1) is 22.6. The summed E-state index contributed by atoms with van der Waals surface area (Å²) in [6.07, 6.45) is -0.849. The Balaban J connectivity index is 1.61. The monoisotopic (exact) mass is 433 g/mol. The highest BCUT2D eigenvalue weighted by atomic mass is 16.4. The molecule has 0 radical (unpaired) electrons. The molecule has 1 saturated heterocycles. The highest BCUT2D eigenvalue weighted by molar-refractivity contribution is 6.00. The Bertz CT molecular complexity index is 943. The molecule has 10 nitrogen and oxygen atoms in total. The third kappa shape index (κ3) is 4.08. The molecule has 0 saturated carbocycles. The van der Waals surface area contributed by atoms with Gasteiger partial charge in [-0.3, -0.25) is 9.59 Å². The summed E-state index contributed by atoms with van der Waals surface area (Å²) in [7, 11) is 1.78. The van der Waals surface area contributed by atoms with Gasteiger partial charge in [-0.2, -0.15) is 0 Å². The number of rotatable bonds is 8. The van der Waals surface area contributed by atoms with Crippen molar-refractivity contribution < 1.29 is 34.8 Å². The second-order valence-corrected chi connectivity index (χ2v) is 8.13. The van der Waals surface area contributed by atoms with E-state index in [4.69, 9.17) is 0 Å². The molecule has 0 aliphatic carbocycles. The first-order valence-corrected chi connectivity index (χ1v) is 10.0. The number of aliphatic hydroxyl groups is 1. The smallest absolute Gasteiger partial charge is 0.352 e. The Morgan fingerprint density at radius 3 is 2.52 bits per heavy atom. The van der Waals surface area contributed by atoms with Crippen LogP contribution in [-0.2, 0) is 9.59 Å². The van der Waals surface area contributed by atoms with Crippen molar-refractivity contribution in [3.63, 3.8) is 0 Å². The number of β-lactam (4-membered cyclic amide) rings is 1. The van der Waals surface area contributed by atoms with E-state index in [-0.39, 0.29) is 47.2 Å². The SMILES string of the molecule is CC1C(CN(C)CCNC(=O)c2ccc(O)c(O)c2)=C(C(=O)O)N2C(=O)[C@H]([C@@H](C)O)[C@@H]12. The van der Waals surface area contributed by atoms with Gasteiger partial charge >= 0.3 is 5.97 Å². The topological polar surface area (TPSA) is 151 Å². The molecule has 2 heterocycles. The number of nitrogens with one attached hydrogen (secondary N) is 1. The quantitative estimate of drug-likeness (QED) is 0.283. The molecule has 1 aromatic rings. The lowest BCUT2D eigenvalue weighted by Gasteiger charge is -2.46. The highest BCUT2D eigenvalue weighted by Gasteiger charge is 2.59. The number of aliphatic hydroxyl groups excluding tert-OH is 1. The molecule has 3 rings (SSSR count). The van der Waals surface area contributed by atoms with Crippen LogP contribution in [0.2, 0.25) is 0 Å². The molecule has 0 spiro atoms. The number of phenols is 2. The van der Waals surface area contributed by atoms with Gasteiger partial charge in [0.15, 0.2) is 11.5 Å². The van der Waals surface area contributed by atoms with E-state index >= 15 is 0 Å². The van der Waals surface area contributed by atoms with Crippen LogP contribution in [0.25, 0.3) is 0 Å². The molecule has 1 fully saturated rings. The number of nitrogens with zero attached hydrogens (tertiary/aromatic N) is 2. The van der Waals surface area contributed by atoms with Crippen molar-refractivity contribution in [1.29, 1.82) is 0 Å². The molecule has 2 aliphatic heterocycles. The molecule has 5 N–H and O–H groups in total. The van der Waals surface area contributed by atoms with Crippen molar-refractivity contribution in [2.24, 2.45) is 11.8 Å². The number of fused-ring (bicyclic) bond motifs is 1. The van der Waals surface area contributed by atoms with E-state index in [1.807, 2.05) is 11.8 Å². The van der Waals surface area contributed by atoms with Gasteiger partial charge in [-0.15, -0.1) is 0 Å². The van der Waals surface area contributed by atoms with E-state index in [2.05, 4.69) is 5.32 Å². The maximum atomic E-state index is 12.4. The fourth-order valence-electron chi connectivity index (χ4n) is 4.35. The maximum absolute atomic E-state index is 12.4. The number of carbonyl (C=O) groups excluding carboxylic acids is 2. The van der Waals surface area contributed by atoms with Crippen LogP contribution < -0.4 is 5.32 Å². The third-order valence-electron chi connectivity index (χ3n) is 5.97. The normalized spacial score (nSPS) is 23.6. The Hall–Kier alpha value is -3.11. The van der Waals surface area contributed by atoms with Gasteiger partial charge < -0.3 is 35.5 Å². The second-order valence-electron chi connectivity index (χ2n) is 8.13. The molecule has 0 bridgehead atoms. The molecule has 4 atom stereocenters. The van der Waals surface area contributed by atoms with Crippen LogP contribution in [0, 0.1) is 11.8 Å². The molecule has 1 unspecified atom stereocenters. The number of likely N-dealkylation sites (N-methyl/N-ethyl adjacent to an activating group) is 1. The van der Waals surface area contributed by atoms with Gasteiger partial charge in [0, 0.05) is 31.1 Å². The molecule has 31 heavy (non-hydrogen) atoms. The number of carbonyl (C=O) groups is 3. The van der Waals surface area contributed by atoms with E-state index in [0.29, 0.717) is 18.7 Å². The third-order valence-corrected chi connectivity index (χ3v) is 5.97. The van der Waals surface area contributed by atoms with Crippen LogP contribution in [0.1, 0.15) is 24.2 Å². The Morgan fingerprint density at radius 1 is 1.26 bits per heavy atom. The van der Waals surface area contributed by atoms with Crippen molar-refractivity contribution in [3.8, 4) is 11.5 Å². The van der Waals surface area contributed by atoms with E-state index in [1.54, 1.807) is 7.05 Å². The van der Waals surface area contributed by atoms with Crippen LogP contribution in [0.4, 0.5) is 0 Å². The van der Waals surface area contributed by atoms with E-state index in [9.17, 15) is 34.8 Å². The lowest BCUT2D eigenvalue weighted by Crippen LogP contribution is -2.63. The molecular weight excluding hydrogens is 406 g/mol. The predicted molar refractivity (Wildman–Crippen MR) is 109 cm³/mol. The number of phenolic OH excluding ortho intramolecular Hbond substituents is 2. The first-order chi connectivity index (χ1) is 14.5. The number of benzene rings is 1. The van der Waals surface area contributed by atoms with Gasteiger partial charge in [0.2, 0.25) is 5.91 Å². The van der Waals surface area contributed by atoms with Gasteiger partial charge in [0.1, 0.15) is 5.70 Å². The molecule has 1 aromatic carbocycles. The summed E-state index contributed by atoms with van der Waals surface area (Å²) in [5, 5.41) is 41.1. The molecule has 2 aliphatic rings. The van der Waals surface area contributed by atoms with Crippen molar-refractivity contribution in [2.45, 2.75) is 26.0 Å². The van der Waals surface area contributed by atoms with Crippen LogP contribution in [0.3, 0.4) is 0 Å². The number of amides is 2. The van der Waals surface area contributed by atoms with E-state index < -0.39 is 23.9 Å². The van der Waals surface area contributed by atoms with Gasteiger partial charge in [-0.25, -0.2) is 4.79 Å². The zero-order chi connectivity index (χ0) is 23.0. The Labute approximate surface area is 179 Å². The fraction of sp³-hybridized carbons (Fsp3) is 0.476. The van der Waals surface area contributed by atoms with Gasteiger partial charge in [0.25, 0.3) is 5.91 Å². The minimum absolute atomic E-state index is 0.0187. The average Bonchev–Trinajstić information content (AvgIpc) is 2.92. The van der Waals surface area contributed by atoms with Gasteiger partial charge in [0.05, 0.1) is 18.1 Å². The van der Waals surface area contributed by atoms with Crippen LogP contribution in [0.15, 0.2) is 29.5 Å². The van der Waals surface area contributed by atoms with Crippen molar-refractivity contribution in [2.75, 3.05) is 26.7 Å². The van der Waals surface area contributed by atoms with Crippen molar-refractivity contribution in [3.05, 3.63) is 35.0 Å². The molecule has 10 heteroatoms. The number of carboxylic acid groups (broad SMARTS) is 1. The molecule has 168 valence electrons. The largest absolute Gasteiger partial charge is 0.504 e. The van der Waals surface area contributed by atoms with Gasteiger partial charge in [-0.05, 0) is 37.7 Å². The summed E-state index contributed by atoms with van der Waals surface area (Å²) in [5.41, 5.74) is 0.798. The second kappa shape index (κ2) is 8.56. The van der Waals surface area contributed by atoms with Crippen molar-refractivity contribution >= 4 is 17.8 Å². The van der Waals surface area contributed by atoms with Crippen LogP contribution in [-0.4, -0.2) is 86.8 Å². The summed E-state index contributed by atoms with van der Waals surface area (Å²) < 4.78 is 0. The number of hydrogen-bond acceptors (Lipinski definition) is 7. The van der Waals surface area contributed by atoms with Crippen molar-refractivity contribution in [1.82, 2.24) is 15.1 Å². The zero-order valence-electron chi connectivity index (χ0n) is 17.6. The number of aromatic hydroxyl groups is 2. The average molecular weight is 433 g/mol. The van der Waals surface area contributed by atoms with E-state index in [1.165, 1.54) is 30.0 Å². The zero-order valence-corrected chi connectivity index (χ0v) is 17.6. The minimum atomic E-state index is -1.17. The number of carboxylic acids is 1. The lowest BCUT2D eigenvalue weighted by atomic mass is 9.77. The highest BCUT2D eigenvalue weighted by Crippen LogP contribution is 2.47. The minimum Gasteiger partial charge on any atom is -0.504 e. The van der Waals surface area contributed by atoms with Crippen LogP contribution >= 0.6 is 0 Å². The molecule has 0 aromatic heterocycles. The summed E-state index contributed by atoms with van der Waals surface area (Å²) in [6, 6.07) is 3.42. The van der Waals surface area contributed by atoms with Crippen LogP contribution in [0.5, 0.6) is 11.5 Å². The Morgan fingerprint density at radius 2 is 1.94 bits per heavy atom. The lowest BCUT2D eigenvalue weighted by molar-refractivity contribution is -0.163. The Kier molecular flexibility index (Phi) is 6.23. The number of aliphatic carboxylic acids is 1.